The summed E-state index contributed by atoms with van der Waals surface area (Å²) < 4.78 is 0. The molecule has 194 valence electrons. The zero-order valence-electron chi connectivity index (χ0n) is 21.2. The molecule has 8 nitrogen and oxygen atoms in total. The van der Waals surface area contributed by atoms with Crippen LogP contribution in [0.2, 0.25) is 0 Å². The van der Waals surface area contributed by atoms with Crippen molar-refractivity contribution in [2.24, 2.45) is 17.3 Å². The summed E-state index contributed by atoms with van der Waals surface area (Å²) in [6, 6.07) is 6.65. The number of rotatable bonds is 4. The lowest BCUT2D eigenvalue weighted by Crippen LogP contribution is -2.53. The maximum Gasteiger partial charge on any atom is 0.230 e. The van der Waals surface area contributed by atoms with Gasteiger partial charge in [0, 0.05) is 61.7 Å². The zero-order valence-corrected chi connectivity index (χ0v) is 21.2. The van der Waals surface area contributed by atoms with Crippen molar-refractivity contribution in [3.05, 3.63) is 77.8 Å². The number of allylic oxidation sites excluding steroid dienone is 5. The van der Waals surface area contributed by atoms with Crippen LogP contribution < -0.4 is 5.32 Å². The summed E-state index contributed by atoms with van der Waals surface area (Å²) in [5, 5.41) is 10.9. The second-order valence-electron chi connectivity index (χ2n) is 11.1. The van der Waals surface area contributed by atoms with Crippen LogP contribution in [0.15, 0.2) is 72.2 Å². The largest absolute Gasteiger partial charge is 0.347 e. The minimum atomic E-state index is -0.638. The van der Waals surface area contributed by atoms with Gasteiger partial charge in [-0.15, -0.1) is 0 Å². The van der Waals surface area contributed by atoms with Crippen LogP contribution >= 0.6 is 0 Å². The van der Waals surface area contributed by atoms with Gasteiger partial charge in [0.05, 0.1) is 23.0 Å². The number of aromatic amines is 1. The Labute approximate surface area is 221 Å². The maximum absolute atomic E-state index is 13.5. The molecular formula is C30H31N5O3. The SMILES string of the molecule is O=C1CCC(C2C(=O)CC=C3N(C4CCN(Cc5cccc6[nH]ncc56)CC4)C=C4C=CC=CC432)C(=O)N1. The van der Waals surface area contributed by atoms with E-state index in [1.54, 1.807) is 0 Å². The maximum atomic E-state index is 13.5. The average molecular weight is 510 g/mol. The molecule has 0 saturated carbocycles. The molecule has 2 amide bonds. The molecule has 2 fully saturated rings. The number of carbonyl (C=O) groups excluding carboxylic acids is 3. The standard InChI is InChI=1S/C30H31N5O3/c36-25-8-9-26-30(28(25)22-7-10-27(37)32-29(22)38)13-2-1-5-20(30)18-35(26)21-11-14-34(15-12-21)17-19-4-3-6-24-23(19)16-31-33-24/h1-6,9,13,16,18,21-22,28H,7-8,10-12,14-15,17H2,(H,31,33)(H,32,37,38). The van der Waals surface area contributed by atoms with E-state index in [1.165, 1.54) is 10.9 Å². The predicted molar refractivity (Wildman–Crippen MR) is 142 cm³/mol. The molecule has 3 unspecified atom stereocenters. The van der Waals surface area contributed by atoms with Crippen molar-refractivity contribution in [2.75, 3.05) is 13.1 Å². The Hall–Kier alpha value is -3.78. The summed E-state index contributed by atoms with van der Waals surface area (Å²) in [7, 11) is 0. The number of hydrogen-bond acceptors (Lipinski definition) is 6. The highest BCUT2D eigenvalue weighted by atomic mass is 16.2. The molecule has 0 radical (unpaired) electrons. The Morgan fingerprint density at radius 2 is 1.95 bits per heavy atom. The fourth-order valence-electron chi connectivity index (χ4n) is 7.35. The van der Waals surface area contributed by atoms with Crippen molar-refractivity contribution in [3.63, 3.8) is 0 Å². The minimum Gasteiger partial charge on any atom is -0.347 e. The molecule has 1 aromatic heterocycles. The number of hydrogen-bond donors (Lipinski definition) is 2. The minimum absolute atomic E-state index is 0.0826. The molecule has 4 heterocycles. The molecule has 0 bridgehead atoms. The third kappa shape index (κ3) is 3.54. The van der Waals surface area contributed by atoms with E-state index in [2.05, 4.69) is 67.9 Å². The third-order valence-corrected chi connectivity index (χ3v) is 9.14. The van der Waals surface area contributed by atoms with Crippen LogP contribution in [0.5, 0.6) is 0 Å². The van der Waals surface area contributed by atoms with E-state index >= 15 is 0 Å². The van der Waals surface area contributed by atoms with E-state index in [0.29, 0.717) is 18.9 Å². The van der Waals surface area contributed by atoms with Gasteiger partial charge in [-0.2, -0.15) is 5.10 Å². The molecule has 1 spiro atoms. The lowest BCUT2D eigenvalue weighted by atomic mass is 9.57. The van der Waals surface area contributed by atoms with Crippen molar-refractivity contribution >= 4 is 28.5 Å². The molecule has 1 aromatic carbocycles. The Bertz CT molecular complexity index is 1460. The normalized spacial score (nSPS) is 29.8. The summed E-state index contributed by atoms with van der Waals surface area (Å²) in [4.78, 5) is 43.2. The molecule has 2 N–H and O–H groups in total. The number of carbonyl (C=O) groups is 3. The number of H-pyrrole nitrogens is 1. The van der Waals surface area contributed by atoms with Gasteiger partial charge in [0.1, 0.15) is 5.78 Å². The van der Waals surface area contributed by atoms with Gasteiger partial charge in [0.2, 0.25) is 11.8 Å². The number of likely N-dealkylation sites (tertiary alicyclic amines) is 1. The van der Waals surface area contributed by atoms with Crippen molar-refractivity contribution in [1.29, 1.82) is 0 Å². The number of piperidine rings is 2. The summed E-state index contributed by atoms with van der Waals surface area (Å²) >= 11 is 0. The monoisotopic (exact) mass is 509 g/mol. The molecular weight excluding hydrogens is 478 g/mol. The first kappa shape index (κ1) is 23.3. The molecule has 5 aliphatic rings. The molecule has 3 aliphatic heterocycles. The van der Waals surface area contributed by atoms with Crippen molar-refractivity contribution < 1.29 is 14.4 Å². The van der Waals surface area contributed by atoms with Gasteiger partial charge in [-0.25, -0.2) is 0 Å². The highest BCUT2D eigenvalue weighted by molar-refractivity contribution is 6.02. The smallest absolute Gasteiger partial charge is 0.230 e. The van der Waals surface area contributed by atoms with Gasteiger partial charge in [0.25, 0.3) is 0 Å². The Morgan fingerprint density at radius 1 is 1.08 bits per heavy atom. The average Bonchev–Trinajstić information content (AvgIpc) is 3.53. The second kappa shape index (κ2) is 8.91. The molecule has 38 heavy (non-hydrogen) atoms. The first-order valence-corrected chi connectivity index (χ1v) is 13.6. The van der Waals surface area contributed by atoms with Gasteiger partial charge in [-0.05, 0) is 36.5 Å². The lowest BCUT2D eigenvalue weighted by molar-refractivity contribution is -0.143. The molecule has 3 atom stereocenters. The quantitative estimate of drug-likeness (QED) is 0.614. The van der Waals surface area contributed by atoms with Gasteiger partial charge >= 0.3 is 0 Å². The lowest BCUT2D eigenvalue weighted by Gasteiger charge is -2.47. The van der Waals surface area contributed by atoms with Crippen molar-refractivity contribution in [3.8, 4) is 0 Å². The number of nitrogens with one attached hydrogen (secondary N) is 2. The van der Waals surface area contributed by atoms with Crippen molar-refractivity contribution in [1.82, 2.24) is 25.3 Å². The van der Waals surface area contributed by atoms with E-state index in [4.69, 9.17) is 0 Å². The van der Waals surface area contributed by atoms with Gasteiger partial charge in [-0.3, -0.25) is 29.7 Å². The number of Topliss-reactive ketones (excluding diaryl/α,β-unsaturated/α-hetero) is 1. The van der Waals surface area contributed by atoms with E-state index < -0.39 is 17.3 Å². The Morgan fingerprint density at radius 3 is 2.79 bits per heavy atom. The van der Waals surface area contributed by atoms with Gasteiger partial charge in [-0.1, -0.05) is 42.5 Å². The van der Waals surface area contributed by atoms with Crippen LogP contribution in [-0.4, -0.2) is 56.7 Å². The third-order valence-electron chi connectivity index (χ3n) is 9.14. The van der Waals surface area contributed by atoms with E-state index in [1.807, 2.05) is 18.3 Å². The number of imide groups is 1. The second-order valence-corrected chi connectivity index (χ2v) is 11.1. The number of aromatic nitrogens is 2. The highest BCUT2D eigenvalue weighted by Crippen LogP contribution is 2.58. The van der Waals surface area contributed by atoms with Crippen LogP contribution in [0, 0.1) is 17.3 Å². The van der Waals surface area contributed by atoms with Crippen LogP contribution in [-0.2, 0) is 20.9 Å². The summed E-state index contributed by atoms with van der Waals surface area (Å²) in [6.07, 6.45) is 17.5. The number of nitrogens with zero attached hydrogens (tertiary/aromatic N) is 3. The van der Waals surface area contributed by atoms with Crippen LogP contribution in [0.1, 0.15) is 37.7 Å². The fraction of sp³-hybridized carbons (Fsp3) is 0.400. The number of amides is 2. The van der Waals surface area contributed by atoms with Crippen molar-refractivity contribution in [2.45, 2.75) is 44.7 Å². The van der Waals surface area contributed by atoms with Gasteiger partial charge in [0.15, 0.2) is 0 Å². The number of fused-ring (bicyclic) bond motifs is 1. The molecule has 2 aromatic rings. The summed E-state index contributed by atoms with van der Waals surface area (Å²) in [6.45, 7) is 2.87. The molecule has 2 aliphatic carbocycles. The van der Waals surface area contributed by atoms with Crippen LogP contribution in [0.4, 0.5) is 0 Å². The first-order valence-electron chi connectivity index (χ1n) is 13.6. The highest BCUT2D eigenvalue weighted by Gasteiger charge is 2.58. The number of benzene rings is 1. The zero-order chi connectivity index (χ0) is 25.9. The first-order chi connectivity index (χ1) is 18.5. The van der Waals surface area contributed by atoms with E-state index in [9.17, 15) is 14.4 Å². The van der Waals surface area contributed by atoms with Crippen LogP contribution in [0.25, 0.3) is 10.9 Å². The predicted octanol–water partition coefficient (Wildman–Crippen LogP) is 3.36. The van der Waals surface area contributed by atoms with Crippen LogP contribution in [0.3, 0.4) is 0 Å². The Kier molecular flexibility index (Phi) is 5.47. The van der Waals surface area contributed by atoms with E-state index in [0.717, 1.165) is 49.3 Å². The van der Waals surface area contributed by atoms with E-state index in [-0.39, 0.29) is 24.0 Å². The topological polar surface area (TPSA) is 98.4 Å². The molecule has 8 heteroatoms. The van der Waals surface area contributed by atoms with Gasteiger partial charge < -0.3 is 4.90 Å². The Balaban J connectivity index is 1.13. The number of ketones is 1. The fourth-order valence-corrected chi connectivity index (χ4v) is 7.35. The summed E-state index contributed by atoms with van der Waals surface area (Å²) in [5.41, 5.74) is 3.92. The molecule has 2 saturated heterocycles. The molecule has 7 rings (SSSR count). The summed E-state index contributed by atoms with van der Waals surface area (Å²) in [5.74, 6) is -1.47.